The first-order valence-electron chi connectivity index (χ1n) is 4.24. The number of hydrogen-bond donors (Lipinski definition) is 2. The van der Waals surface area contributed by atoms with Crippen LogP contribution in [0.3, 0.4) is 0 Å². The van der Waals surface area contributed by atoms with E-state index < -0.39 is 0 Å². The molecule has 1 fully saturated rings. The highest BCUT2D eigenvalue weighted by atomic mass is 32.1. The van der Waals surface area contributed by atoms with Gasteiger partial charge in [0.25, 0.3) is 0 Å². The standard InChI is InChI=1S/C8H13N3S/c1-9-4-7-5-10-8(12-7)11-6-2-3-6/h5-6,9H,2-4H2,1H3,(H,10,11). The van der Waals surface area contributed by atoms with Crippen LogP contribution in [-0.2, 0) is 6.54 Å². The van der Waals surface area contributed by atoms with E-state index in [1.807, 2.05) is 13.2 Å². The molecule has 0 spiro atoms. The van der Waals surface area contributed by atoms with E-state index in [0.717, 1.165) is 11.7 Å². The van der Waals surface area contributed by atoms with Gasteiger partial charge in [-0.3, -0.25) is 0 Å². The Bertz CT molecular complexity index is 255. The summed E-state index contributed by atoms with van der Waals surface area (Å²) in [7, 11) is 1.95. The lowest BCUT2D eigenvalue weighted by atomic mass is 10.5. The van der Waals surface area contributed by atoms with Crippen LogP contribution < -0.4 is 10.6 Å². The maximum atomic E-state index is 4.28. The second kappa shape index (κ2) is 3.41. The Hall–Kier alpha value is -0.610. The molecule has 1 aromatic heterocycles. The molecule has 1 aliphatic carbocycles. The van der Waals surface area contributed by atoms with Crippen molar-refractivity contribution in [1.29, 1.82) is 0 Å². The second-order valence-electron chi connectivity index (χ2n) is 3.08. The van der Waals surface area contributed by atoms with E-state index in [0.29, 0.717) is 6.04 Å². The molecule has 0 bridgehead atoms. The van der Waals surface area contributed by atoms with Gasteiger partial charge in [-0.05, 0) is 19.9 Å². The summed E-state index contributed by atoms with van der Waals surface area (Å²) in [6.45, 7) is 0.921. The lowest BCUT2D eigenvalue weighted by Crippen LogP contribution is -2.02. The van der Waals surface area contributed by atoms with Gasteiger partial charge in [0.1, 0.15) is 0 Å². The van der Waals surface area contributed by atoms with Crippen molar-refractivity contribution in [2.24, 2.45) is 0 Å². The quantitative estimate of drug-likeness (QED) is 0.741. The molecule has 12 heavy (non-hydrogen) atoms. The van der Waals surface area contributed by atoms with Crippen molar-refractivity contribution in [3.05, 3.63) is 11.1 Å². The topological polar surface area (TPSA) is 37.0 Å². The summed E-state index contributed by atoms with van der Waals surface area (Å²) in [6.07, 6.45) is 4.55. The van der Waals surface area contributed by atoms with Crippen molar-refractivity contribution in [2.45, 2.75) is 25.4 Å². The second-order valence-corrected chi connectivity index (χ2v) is 4.20. The first-order chi connectivity index (χ1) is 5.88. The largest absolute Gasteiger partial charge is 0.359 e. The highest BCUT2D eigenvalue weighted by Gasteiger charge is 2.21. The summed E-state index contributed by atoms with van der Waals surface area (Å²) >= 11 is 1.74. The molecule has 1 aliphatic rings. The molecule has 0 aliphatic heterocycles. The summed E-state index contributed by atoms with van der Waals surface area (Å²) in [5.41, 5.74) is 0. The van der Waals surface area contributed by atoms with Crippen molar-refractivity contribution < 1.29 is 0 Å². The van der Waals surface area contributed by atoms with Gasteiger partial charge in [-0.2, -0.15) is 0 Å². The summed E-state index contributed by atoms with van der Waals surface area (Å²) in [5, 5.41) is 7.56. The van der Waals surface area contributed by atoms with E-state index >= 15 is 0 Å². The Morgan fingerprint density at radius 3 is 3.17 bits per heavy atom. The van der Waals surface area contributed by atoms with Crippen LogP contribution >= 0.6 is 11.3 Å². The summed E-state index contributed by atoms with van der Waals surface area (Å²) in [5.74, 6) is 0. The highest BCUT2D eigenvalue weighted by molar-refractivity contribution is 7.15. The van der Waals surface area contributed by atoms with E-state index in [2.05, 4.69) is 15.6 Å². The molecule has 3 nitrogen and oxygen atoms in total. The summed E-state index contributed by atoms with van der Waals surface area (Å²) in [4.78, 5) is 5.57. The molecule has 0 atom stereocenters. The molecular formula is C8H13N3S. The van der Waals surface area contributed by atoms with Crippen LogP contribution in [0.5, 0.6) is 0 Å². The predicted molar refractivity (Wildman–Crippen MR) is 51.5 cm³/mol. The zero-order valence-corrected chi connectivity index (χ0v) is 7.95. The van der Waals surface area contributed by atoms with Crippen molar-refractivity contribution in [2.75, 3.05) is 12.4 Å². The van der Waals surface area contributed by atoms with Crippen LogP contribution in [-0.4, -0.2) is 18.1 Å². The zero-order chi connectivity index (χ0) is 8.39. The number of aromatic nitrogens is 1. The van der Waals surface area contributed by atoms with Crippen LogP contribution in [0, 0.1) is 0 Å². The molecule has 4 heteroatoms. The van der Waals surface area contributed by atoms with E-state index in [1.165, 1.54) is 17.7 Å². The summed E-state index contributed by atoms with van der Waals surface area (Å²) in [6, 6.07) is 0.707. The molecule has 0 aromatic carbocycles. The highest BCUT2D eigenvalue weighted by Crippen LogP contribution is 2.27. The van der Waals surface area contributed by atoms with E-state index in [1.54, 1.807) is 11.3 Å². The zero-order valence-electron chi connectivity index (χ0n) is 7.13. The SMILES string of the molecule is CNCc1cnc(NC2CC2)s1. The fourth-order valence-electron chi connectivity index (χ4n) is 1.03. The van der Waals surface area contributed by atoms with E-state index in [9.17, 15) is 0 Å². The monoisotopic (exact) mass is 183 g/mol. The molecule has 2 N–H and O–H groups in total. The number of anilines is 1. The maximum Gasteiger partial charge on any atom is 0.183 e. The van der Waals surface area contributed by atoms with E-state index in [4.69, 9.17) is 0 Å². The number of hydrogen-bond acceptors (Lipinski definition) is 4. The van der Waals surface area contributed by atoms with Crippen molar-refractivity contribution in [1.82, 2.24) is 10.3 Å². The van der Waals surface area contributed by atoms with Gasteiger partial charge in [0.15, 0.2) is 5.13 Å². The Morgan fingerprint density at radius 2 is 2.50 bits per heavy atom. The van der Waals surface area contributed by atoms with Gasteiger partial charge in [0, 0.05) is 23.7 Å². The Labute approximate surface area is 76.2 Å². The Kier molecular flexibility index (Phi) is 2.28. The van der Waals surface area contributed by atoms with Crippen LogP contribution in [0.4, 0.5) is 5.13 Å². The van der Waals surface area contributed by atoms with E-state index in [-0.39, 0.29) is 0 Å². The number of nitrogens with one attached hydrogen (secondary N) is 2. The van der Waals surface area contributed by atoms with Crippen molar-refractivity contribution >= 4 is 16.5 Å². The normalized spacial score (nSPS) is 16.4. The predicted octanol–water partition coefficient (Wildman–Crippen LogP) is 1.44. The van der Waals surface area contributed by atoms with Gasteiger partial charge in [0.2, 0.25) is 0 Å². The average Bonchev–Trinajstić information content (AvgIpc) is 2.74. The third-order valence-corrected chi connectivity index (χ3v) is 2.74. The molecule has 0 saturated heterocycles. The number of thiazole rings is 1. The van der Waals surface area contributed by atoms with Gasteiger partial charge in [-0.15, -0.1) is 11.3 Å². The van der Waals surface area contributed by atoms with Crippen LogP contribution in [0.2, 0.25) is 0 Å². The van der Waals surface area contributed by atoms with Crippen LogP contribution in [0.15, 0.2) is 6.20 Å². The fourth-order valence-corrected chi connectivity index (χ4v) is 1.93. The first-order valence-corrected chi connectivity index (χ1v) is 5.06. The molecular weight excluding hydrogens is 170 g/mol. The van der Waals surface area contributed by atoms with Crippen LogP contribution in [0.25, 0.3) is 0 Å². The molecule has 2 rings (SSSR count). The molecule has 66 valence electrons. The lowest BCUT2D eigenvalue weighted by molar-refractivity contribution is 0.829. The molecule has 0 amide bonds. The first kappa shape index (κ1) is 8.01. The van der Waals surface area contributed by atoms with Gasteiger partial charge < -0.3 is 10.6 Å². The third-order valence-electron chi connectivity index (χ3n) is 1.81. The smallest absolute Gasteiger partial charge is 0.183 e. The summed E-state index contributed by atoms with van der Waals surface area (Å²) < 4.78 is 0. The van der Waals surface area contributed by atoms with Crippen LogP contribution in [0.1, 0.15) is 17.7 Å². The average molecular weight is 183 g/mol. The van der Waals surface area contributed by atoms with Crippen molar-refractivity contribution in [3.8, 4) is 0 Å². The number of nitrogens with zero attached hydrogens (tertiary/aromatic N) is 1. The molecule has 0 unspecified atom stereocenters. The van der Waals surface area contributed by atoms with Gasteiger partial charge >= 0.3 is 0 Å². The van der Waals surface area contributed by atoms with Gasteiger partial charge in [0.05, 0.1) is 0 Å². The lowest BCUT2D eigenvalue weighted by Gasteiger charge is -1.95. The van der Waals surface area contributed by atoms with Gasteiger partial charge in [-0.1, -0.05) is 0 Å². The Morgan fingerprint density at radius 1 is 1.67 bits per heavy atom. The molecule has 1 saturated carbocycles. The number of rotatable bonds is 4. The maximum absolute atomic E-state index is 4.28. The Balaban J connectivity index is 1.92. The molecule has 1 heterocycles. The molecule has 0 radical (unpaired) electrons. The minimum Gasteiger partial charge on any atom is -0.359 e. The molecule has 1 aromatic rings. The van der Waals surface area contributed by atoms with Crippen molar-refractivity contribution in [3.63, 3.8) is 0 Å². The minimum absolute atomic E-state index is 0.707. The third kappa shape index (κ3) is 1.95. The fraction of sp³-hybridized carbons (Fsp3) is 0.625. The van der Waals surface area contributed by atoms with Gasteiger partial charge in [-0.25, -0.2) is 4.98 Å². The minimum atomic E-state index is 0.707.